The summed E-state index contributed by atoms with van der Waals surface area (Å²) in [5.41, 5.74) is -0.0651. The van der Waals surface area contributed by atoms with Gasteiger partial charge in [-0.15, -0.1) is 0 Å². The molecule has 7 heteroatoms. The van der Waals surface area contributed by atoms with E-state index in [4.69, 9.17) is 23.0 Å². The van der Waals surface area contributed by atoms with Gasteiger partial charge < -0.3 is 23.0 Å². The lowest BCUT2D eigenvalue weighted by Gasteiger charge is -2.32. The molecule has 1 aromatic heterocycles. The predicted molar refractivity (Wildman–Crippen MR) is 90.1 cm³/mol. The van der Waals surface area contributed by atoms with Crippen molar-refractivity contribution < 1.29 is 23.0 Å². The summed E-state index contributed by atoms with van der Waals surface area (Å²) in [6, 6.07) is 1.89. The van der Waals surface area contributed by atoms with Gasteiger partial charge >= 0.3 is 14.2 Å². The molecule has 0 bridgehead atoms. The van der Waals surface area contributed by atoms with E-state index in [1.807, 2.05) is 61.5 Å². The predicted octanol–water partition coefficient (Wildman–Crippen LogP) is 1.88. The maximum absolute atomic E-state index is 6.04. The maximum Gasteiger partial charge on any atom is 0.532 e. The van der Waals surface area contributed by atoms with Crippen LogP contribution in [-0.4, -0.2) is 36.6 Å². The molecule has 0 N–H and O–H groups in total. The van der Waals surface area contributed by atoms with Gasteiger partial charge in [0.25, 0.3) is 0 Å². The first-order chi connectivity index (χ1) is 10.3. The number of hydrogen-bond donors (Lipinski definition) is 0. The minimum atomic E-state index is -0.517. The summed E-state index contributed by atoms with van der Waals surface area (Å²) in [4.78, 5) is 0. The fourth-order valence-electron chi connectivity index (χ4n) is 2.55. The highest BCUT2D eigenvalue weighted by atomic mass is 16.7. The van der Waals surface area contributed by atoms with Crippen molar-refractivity contribution in [1.29, 1.82) is 0 Å². The highest BCUT2D eigenvalue weighted by molar-refractivity contribution is 6.65. The van der Waals surface area contributed by atoms with Crippen molar-refractivity contribution in [3.63, 3.8) is 0 Å². The minimum absolute atomic E-state index is 0.376. The van der Waals surface area contributed by atoms with E-state index in [0.717, 1.165) is 5.46 Å². The van der Waals surface area contributed by atoms with E-state index in [0.29, 0.717) is 5.66 Å². The average Bonchev–Trinajstić information content (AvgIpc) is 2.96. The fourth-order valence-corrected chi connectivity index (χ4v) is 2.55. The molecule has 2 aliphatic rings. The Bertz CT molecular complexity index is 523. The normalized spacial score (nSPS) is 27.7. The number of rotatable bonds is 2. The van der Waals surface area contributed by atoms with E-state index >= 15 is 0 Å². The summed E-state index contributed by atoms with van der Waals surface area (Å²) in [5, 5.41) is 0. The Labute approximate surface area is 139 Å². The van der Waals surface area contributed by atoms with Crippen molar-refractivity contribution in [1.82, 2.24) is 0 Å². The minimum Gasteiger partial charge on any atom is -0.473 e. The molecule has 0 saturated carbocycles. The van der Waals surface area contributed by atoms with E-state index in [1.165, 1.54) is 0 Å². The lowest BCUT2D eigenvalue weighted by molar-refractivity contribution is 0.00578. The monoisotopic (exact) mass is 320 g/mol. The zero-order chi connectivity index (χ0) is 17.3. The van der Waals surface area contributed by atoms with Crippen molar-refractivity contribution in [3.05, 3.63) is 12.3 Å². The molecule has 0 spiro atoms. The quantitative estimate of drug-likeness (QED) is 0.779. The van der Waals surface area contributed by atoms with Crippen LogP contribution < -0.4 is 11.1 Å². The highest BCUT2D eigenvalue weighted by Gasteiger charge is 2.55. The van der Waals surface area contributed by atoms with Crippen LogP contribution in [0.2, 0.25) is 0 Å². The Morgan fingerprint density at radius 3 is 1.48 bits per heavy atom. The number of hydrogen-bond acceptors (Lipinski definition) is 5. The molecular formula is C16H26B2O5. The van der Waals surface area contributed by atoms with Gasteiger partial charge in [0.15, 0.2) is 0 Å². The second-order valence-electron chi connectivity index (χ2n) is 8.46. The van der Waals surface area contributed by atoms with Crippen molar-refractivity contribution >= 4 is 25.4 Å². The van der Waals surface area contributed by atoms with Crippen LogP contribution in [0.15, 0.2) is 16.7 Å². The van der Waals surface area contributed by atoms with Gasteiger partial charge in [-0.1, -0.05) is 0 Å². The van der Waals surface area contributed by atoms with E-state index in [1.54, 1.807) is 6.26 Å². The summed E-state index contributed by atoms with van der Waals surface area (Å²) >= 11 is 0. The fraction of sp³-hybridized carbons (Fsp3) is 0.750. The van der Waals surface area contributed by atoms with Crippen LogP contribution in [0.5, 0.6) is 0 Å². The zero-order valence-electron chi connectivity index (χ0n) is 15.4. The van der Waals surface area contributed by atoms with Gasteiger partial charge in [0.2, 0.25) is 0 Å². The van der Waals surface area contributed by atoms with E-state index in [-0.39, 0.29) is 11.2 Å². The van der Waals surface area contributed by atoms with Crippen LogP contribution in [0.3, 0.4) is 0 Å². The number of furan rings is 1. The molecule has 2 aliphatic heterocycles. The molecule has 0 aromatic carbocycles. The van der Waals surface area contributed by atoms with Crippen molar-refractivity contribution in [2.24, 2.45) is 0 Å². The van der Waals surface area contributed by atoms with Gasteiger partial charge in [0.1, 0.15) is 5.66 Å². The Balaban J connectivity index is 1.78. The van der Waals surface area contributed by atoms with Gasteiger partial charge in [-0.05, 0) is 61.5 Å². The van der Waals surface area contributed by atoms with Crippen LogP contribution in [-0.2, 0) is 18.6 Å². The first-order valence-electron chi connectivity index (χ1n) is 8.14. The molecule has 5 nitrogen and oxygen atoms in total. The van der Waals surface area contributed by atoms with Crippen LogP contribution >= 0.6 is 0 Å². The van der Waals surface area contributed by atoms with Crippen molar-refractivity contribution in [3.8, 4) is 0 Å². The summed E-state index contributed by atoms with van der Waals surface area (Å²) in [6.07, 6.45) is 1.66. The molecular weight excluding hydrogens is 294 g/mol. The van der Waals surface area contributed by atoms with Crippen LogP contribution in [0.1, 0.15) is 55.4 Å². The first kappa shape index (κ1) is 17.1. The van der Waals surface area contributed by atoms with Gasteiger partial charge in [0.05, 0.1) is 28.7 Å². The van der Waals surface area contributed by atoms with Gasteiger partial charge in [-0.3, -0.25) is 0 Å². The zero-order valence-corrected chi connectivity index (χ0v) is 15.4. The molecule has 2 fully saturated rings. The van der Waals surface area contributed by atoms with E-state index < -0.39 is 25.4 Å². The summed E-state index contributed by atoms with van der Waals surface area (Å²) in [5.74, 6) is 0. The molecule has 0 amide bonds. The lowest BCUT2D eigenvalue weighted by Crippen LogP contribution is -2.41. The molecule has 126 valence electrons. The molecule has 3 heterocycles. The lowest BCUT2D eigenvalue weighted by atomic mass is 9.78. The van der Waals surface area contributed by atoms with Crippen LogP contribution in [0.4, 0.5) is 0 Å². The second kappa shape index (κ2) is 4.88. The largest absolute Gasteiger partial charge is 0.532 e. The molecule has 2 saturated heterocycles. The summed E-state index contributed by atoms with van der Waals surface area (Å²) in [7, 11) is -0.962. The third kappa shape index (κ3) is 2.68. The molecule has 1 aromatic rings. The topological polar surface area (TPSA) is 50.1 Å². The first-order valence-corrected chi connectivity index (χ1v) is 8.14. The smallest absolute Gasteiger partial charge is 0.473 e. The van der Waals surface area contributed by atoms with Crippen molar-refractivity contribution in [2.45, 2.75) is 77.8 Å². The van der Waals surface area contributed by atoms with Gasteiger partial charge in [0, 0.05) is 5.46 Å². The Morgan fingerprint density at radius 2 is 1.04 bits per heavy atom. The van der Waals surface area contributed by atoms with E-state index in [2.05, 4.69) is 0 Å². The summed E-state index contributed by atoms with van der Waals surface area (Å²) < 4.78 is 29.8. The highest BCUT2D eigenvalue weighted by Crippen LogP contribution is 2.37. The van der Waals surface area contributed by atoms with Gasteiger partial charge in [-0.2, -0.15) is 0 Å². The molecule has 3 rings (SSSR count). The molecule has 0 radical (unpaired) electrons. The molecule has 0 aliphatic carbocycles. The van der Waals surface area contributed by atoms with E-state index in [9.17, 15) is 0 Å². The Morgan fingerprint density at radius 1 is 0.652 bits per heavy atom. The molecule has 0 unspecified atom stereocenters. The standard InChI is InChI=1S/C16H26B2O5/c1-13(2)14(3,4)21-17(20-13)11-9-12(19-10-11)18-22-15(5,6)16(7,8)23-18/h9-10H,1-8H3. The van der Waals surface area contributed by atoms with Crippen molar-refractivity contribution in [2.75, 3.05) is 0 Å². The second-order valence-corrected chi connectivity index (χ2v) is 8.46. The van der Waals surface area contributed by atoms with Crippen LogP contribution in [0.25, 0.3) is 0 Å². The van der Waals surface area contributed by atoms with Crippen LogP contribution in [0, 0.1) is 0 Å². The summed E-state index contributed by atoms with van der Waals surface area (Å²) in [6.45, 7) is 16.2. The van der Waals surface area contributed by atoms with Gasteiger partial charge in [-0.25, -0.2) is 0 Å². The molecule has 0 atom stereocenters. The third-order valence-corrected chi connectivity index (χ3v) is 5.65. The Hall–Kier alpha value is -0.750. The molecule has 23 heavy (non-hydrogen) atoms. The third-order valence-electron chi connectivity index (χ3n) is 5.65. The average molecular weight is 320 g/mol. The maximum atomic E-state index is 6.04. The SMILES string of the molecule is CC1(C)OB(c2coc(B3OC(C)(C)C(C)(C)O3)c2)OC1(C)C. The Kier molecular flexibility index (Phi) is 3.63.